The number of nitrogens with zero attached hydrogens (tertiary/aromatic N) is 1. The molecule has 1 amide bonds. The predicted octanol–water partition coefficient (Wildman–Crippen LogP) is 3.85. The van der Waals surface area contributed by atoms with E-state index >= 15 is 0 Å². The van der Waals surface area contributed by atoms with E-state index < -0.39 is 22.5 Å². The molecule has 0 aromatic heterocycles. The van der Waals surface area contributed by atoms with Crippen LogP contribution in [0.15, 0.2) is 71.6 Å². The molecule has 0 heterocycles. The minimum Gasteiger partial charge on any atom is -0.497 e. The monoisotopic (exact) mass is 470 g/mol. The summed E-state index contributed by atoms with van der Waals surface area (Å²) in [6.45, 7) is 1.46. The van der Waals surface area contributed by atoms with Crippen molar-refractivity contribution in [2.24, 2.45) is 0 Å². The van der Waals surface area contributed by atoms with Crippen molar-refractivity contribution < 1.29 is 27.4 Å². The first-order valence-electron chi connectivity index (χ1n) is 10.0. The molecular formula is C24H26N2O6S. The molecule has 0 aliphatic heterocycles. The van der Waals surface area contributed by atoms with Crippen LogP contribution in [0.1, 0.15) is 5.56 Å². The lowest BCUT2D eigenvalue weighted by Crippen LogP contribution is -2.38. The van der Waals surface area contributed by atoms with Gasteiger partial charge in [0.15, 0.2) is 11.5 Å². The van der Waals surface area contributed by atoms with Crippen LogP contribution < -0.4 is 23.8 Å². The molecule has 3 aromatic rings. The predicted molar refractivity (Wildman–Crippen MR) is 127 cm³/mol. The molecule has 8 nitrogen and oxygen atoms in total. The zero-order valence-corrected chi connectivity index (χ0v) is 19.7. The highest BCUT2D eigenvalue weighted by Gasteiger charge is 2.28. The van der Waals surface area contributed by atoms with Gasteiger partial charge in [0, 0.05) is 17.8 Å². The second-order valence-electron chi connectivity index (χ2n) is 7.14. The van der Waals surface area contributed by atoms with Gasteiger partial charge in [0.2, 0.25) is 5.91 Å². The van der Waals surface area contributed by atoms with Crippen molar-refractivity contribution in [1.29, 1.82) is 0 Å². The topological polar surface area (TPSA) is 94.2 Å². The normalized spacial score (nSPS) is 10.9. The van der Waals surface area contributed by atoms with Crippen LogP contribution in [-0.4, -0.2) is 42.2 Å². The van der Waals surface area contributed by atoms with Crippen LogP contribution >= 0.6 is 0 Å². The van der Waals surface area contributed by atoms with Crippen LogP contribution in [0, 0.1) is 6.92 Å². The molecule has 0 bridgehead atoms. The summed E-state index contributed by atoms with van der Waals surface area (Å²) in [7, 11) is 0.301. The molecule has 3 rings (SSSR count). The number of nitrogens with one attached hydrogen (secondary N) is 1. The van der Waals surface area contributed by atoms with Crippen molar-refractivity contribution in [2.45, 2.75) is 11.8 Å². The Morgan fingerprint density at radius 1 is 0.879 bits per heavy atom. The Morgan fingerprint density at radius 3 is 2.21 bits per heavy atom. The molecule has 0 aliphatic carbocycles. The van der Waals surface area contributed by atoms with Crippen molar-refractivity contribution >= 4 is 27.3 Å². The maximum Gasteiger partial charge on any atom is 0.264 e. The molecule has 3 aromatic carbocycles. The summed E-state index contributed by atoms with van der Waals surface area (Å²) in [5.41, 5.74) is 1.81. The van der Waals surface area contributed by atoms with Crippen molar-refractivity contribution in [1.82, 2.24) is 0 Å². The number of methoxy groups -OCH3 is 3. The average molecular weight is 471 g/mol. The molecule has 1 N–H and O–H groups in total. The molecule has 0 fully saturated rings. The number of carbonyl (C=O) groups excluding carboxylic acids is 1. The van der Waals surface area contributed by atoms with Gasteiger partial charge in [0.1, 0.15) is 12.3 Å². The molecule has 0 spiro atoms. The summed E-state index contributed by atoms with van der Waals surface area (Å²) in [5, 5.41) is 2.72. The summed E-state index contributed by atoms with van der Waals surface area (Å²) in [5.74, 6) is 0.728. The van der Waals surface area contributed by atoms with E-state index in [1.807, 2.05) is 6.92 Å². The Hall–Kier alpha value is -3.72. The van der Waals surface area contributed by atoms with Crippen LogP contribution in [0.5, 0.6) is 17.2 Å². The molecule has 0 aliphatic rings. The smallest absolute Gasteiger partial charge is 0.264 e. The highest BCUT2D eigenvalue weighted by atomic mass is 32.2. The number of benzene rings is 3. The number of anilines is 2. The minimum absolute atomic E-state index is 0.0325. The fourth-order valence-corrected chi connectivity index (χ4v) is 4.60. The third kappa shape index (κ3) is 5.56. The van der Waals surface area contributed by atoms with Crippen LogP contribution in [0.25, 0.3) is 0 Å². The van der Waals surface area contributed by atoms with Gasteiger partial charge in [-0.15, -0.1) is 0 Å². The first-order chi connectivity index (χ1) is 15.8. The summed E-state index contributed by atoms with van der Waals surface area (Å²) >= 11 is 0. The van der Waals surface area contributed by atoms with Crippen LogP contribution in [0.2, 0.25) is 0 Å². The lowest BCUT2D eigenvalue weighted by molar-refractivity contribution is -0.114. The van der Waals surface area contributed by atoms with Gasteiger partial charge in [0.05, 0.1) is 31.9 Å². The Morgan fingerprint density at radius 2 is 1.58 bits per heavy atom. The van der Waals surface area contributed by atoms with Gasteiger partial charge in [-0.05, 0) is 43.3 Å². The van der Waals surface area contributed by atoms with Crippen LogP contribution in [0.4, 0.5) is 11.4 Å². The number of aryl methyl sites for hydroxylation is 1. The van der Waals surface area contributed by atoms with E-state index in [0.29, 0.717) is 22.9 Å². The fraction of sp³-hybridized carbons (Fsp3) is 0.208. The second-order valence-corrected chi connectivity index (χ2v) is 9.01. The van der Waals surface area contributed by atoms with Gasteiger partial charge >= 0.3 is 0 Å². The quantitative estimate of drug-likeness (QED) is 0.511. The molecule has 33 heavy (non-hydrogen) atoms. The van der Waals surface area contributed by atoms with E-state index in [4.69, 9.17) is 14.2 Å². The molecule has 0 saturated heterocycles. The molecule has 0 saturated carbocycles. The average Bonchev–Trinajstić information content (AvgIpc) is 2.82. The standard InChI is InChI=1S/C24H26N2O6S/c1-17-8-10-19(11-9-17)26(16-24(27)25-18-6-5-7-20(14-18)30-2)33(28,29)21-12-13-22(31-3)23(15-21)32-4/h5-15H,16H2,1-4H3,(H,25,27). The minimum atomic E-state index is -4.11. The Labute approximate surface area is 193 Å². The largest absolute Gasteiger partial charge is 0.497 e. The third-order valence-corrected chi connectivity index (χ3v) is 6.68. The van der Waals surface area contributed by atoms with E-state index in [9.17, 15) is 13.2 Å². The number of amides is 1. The van der Waals surface area contributed by atoms with Crippen LogP contribution in [-0.2, 0) is 14.8 Å². The maximum atomic E-state index is 13.6. The number of sulfonamides is 1. The van der Waals surface area contributed by atoms with E-state index in [0.717, 1.165) is 9.87 Å². The fourth-order valence-electron chi connectivity index (χ4n) is 3.16. The molecular weight excluding hydrogens is 444 g/mol. The Balaban J connectivity index is 1.97. The van der Waals surface area contributed by atoms with Gasteiger partial charge < -0.3 is 19.5 Å². The lowest BCUT2D eigenvalue weighted by atomic mass is 10.2. The van der Waals surface area contributed by atoms with Crippen molar-refractivity contribution in [2.75, 3.05) is 37.5 Å². The SMILES string of the molecule is COc1cccc(NC(=O)CN(c2ccc(C)cc2)S(=O)(=O)c2ccc(OC)c(OC)c2)c1. The number of ether oxygens (including phenoxy) is 3. The van der Waals surface area contributed by atoms with Crippen molar-refractivity contribution in [3.8, 4) is 17.2 Å². The maximum absolute atomic E-state index is 13.6. The van der Waals surface area contributed by atoms with E-state index in [-0.39, 0.29) is 10.6 Å². The highest BCUT2D eigenvalue weighted by Crippen LogP contribution is 2.32. The summed E-state index contributed by atoms with van der Waals surface area (Å²) in [6, 6.07) is 18.0. The van der Waals surface area contributed by atoms with E-state index in [1.165, 1.54) is 39.5 Å². The number of carbonyl (C=O) groups is 1. The lowest BCUT2D eigenvalue weighted by Gasteiger charge is -2.24. The second kappa shape index (κ2) is 10.3. The zero-order chi connectivity index (χ0) is 24.0. The highest BCUT2D eigenvalue weighted by molar-refractivity contribution is 7.92. The molecule has 9 heteroatoms. The first kappa shape index (κ1) is 23.9. The Bertz CT molecular complexity index is 1230. The number of rotatable bonds is 9. The van der Waals surface area contributed by atoms with E-state index in [2.05, 4.69) is 5.32 Å². The first-order valence-corrected chi connectivity index (χ1v) is 11.5. The summed E-state index contributed by atoms with van der Waals surface area (Å²) in [4.78, 5) is 12.8. The molecule has 0 unspecified atom stereocenters. The van der Waals surface area contributed by atoms with Gasteiger partial charge in [-0.25, -0.2) is 8.42 Å². The third-order valence-electron chi connectivity index (χ3n) is 4.91. The molecule has 0 radical (unpaired) electrons. The summed E-state index contributed by atoms with van der Waals surface area (Å²) < 4.78 is 43.9. The van der Waals surface area contributed by atoms with Gasteiger partial charge in [-0.3, -0.25) is 9.10 Å². The Kier molecular flexibility index (Phi) is 7.44. The van der Waals surface area contributed by atoms with Crippen LogP contribution in [0.3, 0.4) is 0 Å². The van der Waals surface area contributed by atoms with E-state index in [1.54, 1.807) is 48.5 Å². The van der Waals surface area contributed by atoms with Gasteiger partial charge in [-0.2, -0.15) is 0 Å². The molecule has 0 atom stereocenters. The number of hydrogen-bond donors (Lipinski definition) is 1. The van der Waals surface area contributed by atoms with Crippen molar-refractivity contribution in [3.63, 3.8) is 0 Å². The summed E-state index contributed by atoms with van der Waals surface area (Å²) in [6.07, 6.45) is 0. The molecule has 174 valence electrons. The van der Waals surface area contributed by atoms with Gasteiger partial charge in [0.25, 0.3) is 10.0 Å². The number of hydrogen-bond acceptors (Lipinski definition) is 6. The zero-order valence-electron chi connectivity index (χ0n) is 18.9. The van der Waals surface area contributed by atoms with Crippen molar-refractivity contribution in [3.05, 3.63) is 72.3 Å². The van der Waals surface area contributed by atoms with Gasteiger partial charge in [-0.1, -0.05) is 23.8 Å².